The highest BCUT2D eigenvalue weighted by Gasteiger charge is 2.36. The molecule has 0 aliphatic carbocycles. The van der Waals surface area contributed by atoms with E-state index in [1.54, 1.807) is 20.0 Å². The van der Waals surface area contributed by atoms with E-state index in [2.05, 4.69) is 4.98 Å². The number of aromatic nitrogens is 2. The van der Waals surface area contributed by atoms with E-state index < -0.39 is 17.5 Å². The number of carboxylic acid groups (broad SMARTS) is 1. The Kier molecular flexibility index (Phi) is 5.83. The van der Waals surface area contributed by atoms with Crippen LogP contribution >= 0.6 is 0 Å². The van der Waals surface area contributed by atoms with E-state index in [-0.39, 0.29) is 12.5 Å². The maximum absolute atomic E-state index is 11.8. The van der Waals surface area contributed by atoms with Crippen LogP contribution < -0.4 is 9.80 Å². The summed E-state index contributed by atoms with van der Waals surface area (Å²) in [6.45, 7) is 6.62. The maximum Gasteiger partial charge on any atom is 0.313 e. The normalized spacial score (nSPS) is 24.1. The second kappa shape index (κ2) is 7.95. The van der Waals surface area contributed by atoms with Gasteiger partial charge in [-0.25, -0.2) is 4.98 Å². The van der Waals surface area contributed by atoms with E-state index in [4.69, 9.17) is 9.72 Å². The van der Waals surface area contributed by atoms with Gasteiger partial charge in [0.25, 0.3) is 0 Å². The first-order chi connectivity index (χ1) is 12.8. The minimum atomic E-state index is -1.13. The molecule has 2 fully saturated rings. The molecule has 3 heterocycles. The summed E-state index contributed by atoms with van der Waals surface area (Å²) in [5.74, 6) is 0.00376. The number of ether oxygens (including phenoxy) is 1. The first-order valence-corrected chi connectivity index (χ1v) is 9.32. The third-order valence-electron chi connectivity index (χ3n) is 5.51. The summed E-state index contributed by atoms with van der Waals surface area (Å²) in [5, 5.41) is 29.2. The number of nitrogens with zero attached hydrogens (tertiary/aromatic N) is 4. The smallest absolute Gasteiger partial charge is 0.313 e. The van der Waals surface area contributed by atoms with E-state index in [0.29, 0.717) is 63.1 Å². The summed E-state index contributed by atoms with van der Waals surface area (Å²) < 4.78 is 5.41. The lowest BCUT2D eigenvalue weighted by Gasteiger charge is -2.37. The third kappa shape index (κ3) is 3.99. The molecule has 0 spiro atoms. The van der Waals surface area contributed by atoms with Crippen LogP contribution in [-0.4, -0.2) is 83.4 Å². The van der Waals surface area contributed by atoms with Crippen LogP contribution in [0.25, 0.3) is 0 Å². The van der Waals surface area contributed by atoms with Gasteiger partial charge >= 0.3 is 5.97 Å². The molecular weight excluding hydrogens is 352 g/mol. The highest BCUT2D eigenvalue weighted by Crippen LogP contribution is 2.33. The molecule has 2 aliphatic heterocycles. The molecule has 0 amide bonds. The number of piperidine rings is 1. The van der Waals surface area contributed by atoms with Crippen molar-refractivity contribution < 1.29 is 24.9 Å². The Balaban J connectivity index is 1.94. The van der Waals surface area contributed by atoms with Crippen LogP contribution in [0.2, 0.25) is 0 Å². The number of hydrogen-bond donors (Lipinski definition) is 3. The first kappa shape index (κ1) is 19.8. The molecule has 0 radical (unpaired) electrons. The molecule has 2 aliphatic rings. The summed E-state index contributed by atoms with van der Waals surface area (Å²) in [6.07, 6.45) is 1.59. The maximum atomic E-state index is 11.8. The predicted molar refractivity (Wildman–Crippen MR) is 99.1 cm³/mol. The van der Waals surface area contributed by atoms with Crippen molar-refractivity contribution in [1.82, 2.24) is 9.97 Å². The zero-order chi connectivity index (χ0) is 19.6. The molecule has 0 aromatic carbocycles. The Morgan fingerprint density at radius 1 is 1.30 bits per heavy atom. The van der Waals surface area contributed by atoms with Crippen molar-refractivity contribution in [1.29, 1.82) is 0 Å². The van der Waals surface area contributed by atoms with Crippen LogP contribution in [0, 0.1) is 5.92 Å². The second-order valence-corrected chi connectivity index (χ2v) is 7.68. The fourth-order valence-electron chi connectivity index (χ4n) is 3.46. The summed E-state index contributed by atoms with van der Waals surface area (Å²) in [6, 6.07) is 0. The van der Waals surface area contributed by atoms with E-state index in [9.17, 15) is 20.1 Å². The Morgan fingerprint density at radius 2 is 2.00 bits per heavy atom. The fourth-order valence-corrected chi connectivity index (χ4v) is 3.46. The highest BCUT2D eigenvalue weighted by atomic mass is 16.5. The van der Waals surface area contributed by atoms with Crippen molar-refractivity contribution in [2.45, 2.75) is 31.8 Å². The van der Waals surface area contributed by atoms with Crippen molar-refractivity contribution in [3.05, 3.63) is 11.8 Å². The van der Waals surface area contributed by atoms with Crippen molar-refractivity contribution >= 4 is 17.7 Å². The number of aliphatic hydroxyl groups excluding tert-OH is 2. The average molecular weight is 380 g/mol. The molecule has 2 saturated heterocycles. The average Bonchev–Trinajstić information content (AvgIpc) is 2.68. The van der Waals surface area contributed by atoms with Crippen molar-refractivity contribution in [3.63, 3.8) is 0 Å². The van der Waals surface area contributed by atoms with Gasteiger partial charge in [-0.3, -0.25) is 4.79 Å². The number of morpholine rings is 1. The van der Waals surface area contributed by atoms with Gasteiger partial charge in [-0.1, -0.05) is 0 Å². The Hall–Kier alpha value is -1.97. The lowest BCUT2D eigenvalue weighted by Crippen LogP contribution is -2.46. The predicted octanol–water partition coefficient (Wildman–Crippen LogP) is -0.145. The number of carboxylic acids is 1. The quantitative estimate of drug-likeness (QED) is 0.641. The number of anilines is 2. The number of β-amino-alcohol motifs (C(OH)–C–C–N with tert-alkyl or cyclic N) is 1. The molecule has 9 heteroatoms. The van der Waals surface area contributed by atoms with Gasteiger partial charge in [0.1, 0.15) is 5.82 Å². The summed E-state index contributed by atoms with van der Waals surface area (Å²) in [4.78, 5) is 24.8. The Labute approximate surface area is 158 Å². The third-order valence-corrected chi connectivity index (χ3v) is 5.51. The number of aliphatic hydroxyl groups is 2. The van der Waals surface area contributed by atoms with Gasteiger partial charge in [0.05, 0.1) is 24.7 Å². The zero-order valence-corrected chi connectivity index (χ0v) is 15.8. The van der Waals surface area contributed by atoms with E-state index >= 15 is 0 Å². The van der Waals surface area contributed by atoms with E-state index in [1.165, 1.54) is 0 Å². The van der Waals surface area contributed by atoms with Crippen LogP contribution in [0.15, 0.2) is 6.20 Å². The SMILES string of the molecule is CC(C)(C(=O)O)c1cnc(N2CC[C@H](CO)[C@H](O)C2)nc1N1CCOCC1. The topological polar surface area (TPSA) is 119 Å². The standard InChI is InChI=1S/C18H28N4O5/c1-18(2,16(25)26)13-9-19-17(20-15(13)21-5-7-27-8-6-21)22-4-3-12(11-23)14(24)10-22/h9,12,14,23-24H,3-8,10-11H2,1-2H3,(H,25,26)/t12-,14-/m1/s1. The van der Waals surface area contributed by atoms with Gasteiger partial charge in [-0.15, -0.1) is 0 Å². The molecule has 2 atom stereocenters. The monoisotopic (exact) mass is 380 g/mol. The molecule has 3 rings (SSSR count). The van der Waals surface area contributed by atoms with Crippen molar-refractivity contribution in [2.24, 2.45) is 5.92 Å². The van der Waals surface area contributed by atoms with Gasteiger partial charge in [-0.05, 0) is 20.3 Å². The number of hydrogen-bond acceptors (Lipinski definition) is 8. The van der Waals surface area contributed by atoms with Gasteiger partial charge in [0, 0.05) is 50.5 Å². The molecule has 0 bridgehead atoms. The molecule has 9 nitrogen and oxygen atoms in total. The molecule has 0 unspecified atom stereocenters. The summed E-state index contributed by atoms with van der Waals surface area (Å²) in [7, 11) is 0. The van der Waals surface area contributed by atoms with Gasteiger partial charge in [0.15, 0.2) is 0 Å². The van der Waals surface area contributed by atoms with Crippen LogP contribution in [0.3, 0.4) is 0 Å². The fraction of sp³-hybridized carbons (Fsp3) is 0.722. The summed E-state index contributed by atoms with van der Waals surface area (Å²) >= 11 is 0. The van der Waals surface area contributed by atoms with Crippen LogP contribution in [0.4, 0.5) is 11.8 Å². The number of aliphatic carboxylic acids is 1. The van der Waals surface area contributed by atoms with Crippen molar-refractivity contribution in [3.8, 4) is 0 Å². The zero-order valence-electron chi connectivity index (χ0n) is 15.8. The van der Waals surface area contributed by atoms with Crippen LogP contribution in [0.1, 0.15) is 25.8 Å². The first-order valence-electron chi connectivity index (χ1n) is 9.32. The molecule has 1 aromatic rings. The van der Waals surface area contributed by atoms with Gasteiger partial charge < -0.3 is 29.9 Å². The highest BCUT2D eigenvalue weighted by molar-refractivity contribution is 5.82. The lowest BCUT2D eigenvalue weighted by molar-refractivity contribution is -0.142. The Morgan fingerprint density at radius 3 is 2.59 bits per heavy atom. The van der Waals surface area contributed by atoms with Crippen LogP contribution in [-0.2, 0) is 14.9 Å². The molecule has 150 valence electrons. The molecule has 1 aromatic heterocycles. The second-order valence-electron chi connectivity index (χ2n) is 7.68. The molecule has 3 N–H and O–H groups in total. The summed E-state index contributed by atoms with van der Waals surface area (Å²) in [5.41, 5.74) is -0.568. The largest absolute Gasteiger partial charge is 0.481 e. The molecule has 27 heavy (non-hydrogen) atoms. The minimum Gasteiger partial charge on any atom is -0.481 e. The molecular formula is C18H28N4O5. The minimum absolute atomic E-state index is 0.0410. The van der Waals surface area contributed by atoms with Gasteiger partial charge in [-0.2, -0.15) is 4.98 Å². The van der Waals surface area contributed by atoms with Crippen LogP contribution in [0.5, 0.6) is 0 Å². The van der Waals surface area contributed by atoms with Crippen molar-refractivity contribution in [2.75, 3.05) is 55.8 Å². The van der Waals surface area contributed by atoms with E-state index in [0.717, 1.165) is 0 Å². The van der Waals surface area contributed by atoms with Gasteiger partial charge in [0.2, 0.25) is 5.95 Å². The number of rotatable bonds is 5. The number of carbonyl (C=O) groups is 1. The lowest BCUT2D eigenvalue weighted by atomic mass is 9.85. The molecule has 0 saturated carbocycles. The van der Waals surface area contributed by atoms with E-state index in [1.807, 2.05) is 9.80 Å². The Bertz CT molecular complexity index is 678.